The van der Waals surface area contributed by atoms with E-state index in [9.17, 15) is 9.59 Å². The highest BCUT2D eigenvalue weighted by Gasteiger charge is 2.15. The van der Waals surface area contributed by atoms with E-state index in [1.807, 2.05) is 30.3 Å². The summed E-state index contributed by atoms with van der Waals surface area (Å²) in [5.74, 6) is 0.0691. The zero-order valence-corrected chi connectivity index (χ0v) is 15.8. The highest BCUT2D eigenvalue weighted by atomic mass is 16.3. The summed E-state index contributed by atoms with van der Waals surface area (Å²) in [5, 5.41) is 5.49. The average molecular weight is 374 g/mol. The van der Waals surface area contributed by atoms with Crippen molar-refractivity contribution in [1.29, 1.82) is 0 Å². The molecule has 142 valence electrons. The van der Waals surface area contributed by atoms with Gasteiger partial charge >= 0.3 is 0 Å². The van der Waals surface area contributed by atoms with Crippen molar-refractivity contribution in [2.45, 2.75) is 19.8 Å². The minimum atomic E-state index is -0.432. The topological polar surface area (TPSA) is 71.3 Å². The molecule has 5 heteroatoms. The monoisotopic (exact) mass is 374 g/mol. The van der Waals surface area contributed by atoms with E-state index in [0.29, 0.717) is 22.9 Å². The highest BCUT2D eigenvalue weighted by molar-refractivity contribution is 6.10. The minimum absolute atomic E-state index is 0.0942. The molecule has 0 radical (unpaired) electrons. The number of rotatable bonds is 6. The molecule has 3 aromatic rings. The second-order valence-electron chi connectivity index (χ2n) is 6.62. The van der Waals surface area contributed by atoms with Crippen LogP contribution in [0.2, 0.25) is 0 Å². The third kappa shape index (κ3) is 4.98. The van der Waals surface area contributed by atoms with Gasteiger partial charge in [0.2, 0.25) is 0 Å². The van der Waals surface area contributed by atoms with E-state index in [4.69, 9.17) is 4.42 Å². The third-order valence-corrected chi connectivity index (χ3v) is 4.19. The van der Waals surface area contributed by atoms with Crippen LogP contribution in [-0.4, -0.2) is 11.8 Å². The van der Waals surface area contributed by atoms with Gasteiger partial charge in [-0.25, -0.2) is 0 Å². The van der Waals surface area contributed by atoms with Gasteiger partial charge in [0, 0.05) is 17.3 Å². The SMILES string of the molecule is CC(C)c1ccc(NC(=O)/C(=C/c2ccco2)NC(=O)c2ccccc2)cc1. The molecule has 0 atom stereocenters. The molecule has 5 nitrogen and oxygen atoms in total. The van der Waals surface area contributed by atoms with Crippen LogP contribution in [0, 0.1) is 0 Å². The lowest BCUT2D eigenvalue weighted by molar-refractivity contribution is -0.113. The molecule has 2 aromatic carbocycles. The van der Waals surface area contributed by atoms with Gasteiger partial charge in [-0.2, -0.15) is 0 Å². The zero-order chi connectivity index (χ0) is 19.9. The Balaban J connectivity index is 1.80. The first-order chi connectivity index (χ1) is 13.5. The summed E-state index contributed by atoms with van der Waals surface area (Å²) < 4.78 is 5.29. The second kappa shape index (κ2) is 8.86. The number of hydrogen-bond acceptors (Lipinski definition) is 3. The first kappa shape index (κ1) is 19.2. The van der Waals surface area contributed by atoms with Crippen LogP contribution in [0.15, 0.2) is 83.1 Å². The van der Waals surface area contributed by atoms with Gasteiger partial charge in [0.1, 0.15) is 11.5 Å². The molecule has 0 unspecified atom stereocenters. The van der Waals surface area contributed by atoms with E-state index in [1.165, 1.54) is 17.9 Å². The molecule has 0 fully saturated rings. The van der Waals surface area contributed by atoms with Gasteiger partial charge in [0.05, 0.1) is 6.26 Å². The van der Waals surface area contributed by atoms with Gasteiger partial charge in [-0.15, -0.1) is 0 Å². The van der Waals surface area contributed by atoms with E-state index < -0.39 is 5.91 Å². The van der Waals surface area contributed by atoms with Crippen LogP contribution >= 0.6 is 0 Å². The molecule has 0 saturated carbocycles. The number of furan rings is 1. The van der Waals surface area contributed by atoms with Crippen LogP contribution in [0.5, 0.6) is 0 Å². The van der Waals surface area contributed by atoms with Crippen LogP contribution in [-0.2, 0) is 4.79 Å². The number of benzene rings is 2. The Kier molecular flexibility index (Phi) is 6.07. The van der Waals surface area contributed by atoms with E-state index in [-0.39, 0.29) is 11.6 Å². The van der Waals surface area contributed by atoms with Crippen LogP contribution in [0.4, 0.5) is 5.69 Å². The Morgan fingerprint density at radius 3 is 2.25 bits per heavy atom. The Morgan fingerprint density at radius 1 is 0.929 bits per heavy atom. The number of anilines is 1. The van der Waals surface area contributed by atoms with E-state index in [1.54, 1.807) is 36.4 Å². The Morgan fingerprint density at radius 2 is 1.64 bits per heavy atom. The van der Waals surface area contributed by atoms with Gasteiger partial charge in [0.15, 0.2) is 0 Å². The van der Waals surface area contributed by atoms with Crippen LogP contribution in [0.3, 0.4) is 0 Å². The summed E-state index contributed by atoms with van der Waals surface area (Å²) in [5.41, 5.74) is 2.38. The molecule has 0 aliphatic heterocycles. The summed E-state index contributed by atoms with van der Waals surface area (Å²) in [6.07, 6.45) is 3.00. The quantitative estimate of drug-likeness (QED) is 0.608. The number of carbonyl (C=O) groups is 2. The molecule has 0 aliphatic carbocycles. The number of amides is 2. The van der Waals surface area contributed by atoms with Crippen LogP contribution < -0.4 is 10.6 Å². The van der Waals surface area contributed by atoms with E-state index in [2.05, 4.69) is 24.5 Å². The summed E-state index contributed by atoms with van der Waals surface area (Å²) in [6, 6.07) is 19.8. The molecule has 3 rings (SSSR count). The summed E-state index contributed by atoms with van der Waals surface area (Å²) in [7, 11) is 0. The maximum atomic E-state index is 12.8. The molecule has 0 aliphatic rings. The second-order valence-corrected chi connectivity index (χ2v) is 6.62. The number of carbonyl (C=O) groups excluding carboxylic acids is 2. The largest absolute Gasteiger partial charge is 0.465 e. The molecule has 2 amide bonds. The predicted molar refractivity (Wildman–Crippen MR) is 110 cm³/mol. The minimum Gasteiger partial charge on any atom is -0.465 e. The normalized spacial score (nSPS) is 11.3. The van der Waals surface area contributed by atoms with Crippen molar-refractivity contribution in [1.82, 2.24) is 5.32 Å². The molecule has 28 heavy (non-hydrogen) atoms. The van der Waals surface area contributed by atoms with Gasteiger partial charge in [0.25, 0.3) is 11.8 Å². The third-order valence-electron chi connectivity index (χ3n) is 4.19. The Bertz CT molecular complexity index is 957. The first-order valence-electron chi connectivity index (χ1n) is 9.06. The van der Waals surface area contributed by atoms with Crippen molar-refractivity contribution in [3.05, 3.63) is 95.6 Å². The summed E-state index contributed by atoms with van der Waals surface area (Å²) in [4.78, 5) is 25.3. The van der Waals surface area contributed by atoms with Crippen molar-refractivity contribution in [3.63, 3.8) is 0 Å². The van der Waals surface area contributed by atoms with Crippen molar-refractivity contribution in [2.24, 2.45) is 0 Å². The molecule has 1 aromatic heterocycles. The van der Waals surface area contributed by atoms with E-state index in [0.717, 1.165) is 0 Å². The van der Waals surface area contributed by atoms with Crippen molar-refractivity contribution in [3.8, 4) is 0 Å². The predicted octanol–water partition coefficient (Wildman–Crippen LogP) is 4.81. The average Bonchev–Trinajstić information content (AvgIpc) is 3.21. The van der Waals surface area contributed by atoms with E-state index >= 15 is 0 Å². The Hall–Kier alpha value is -3.60. The summed E-state index contributed by atoms with van der Waals surface area (Å²) in [6.45, 7) is 4.22. The summed E-state index contributed by atoms with van der Waals surface area (Å²) >= 11 is 0. The van der Waals surface area contributed by atoms with Gasteiger partial charge < -0.3 is 15.1 Å². The molecule has 0 saturated heterocycles. The zero-order valence-electron chi connectivity index (χ0n) is 15.8. The van der Waals surface area contributed by atoms with Crippen molar-refractivity contribution in [2.75, 3.05) is 5.32 Å². The number of hydrogen-bond donors (Lipinski definition) is 2. The lowest BCUT2D eigenvalue weighted by Gasteiger charge is -2.12. The highest BCUT2D eigenvalue weighted by Crippen LogP contribution is 2.18. The van der Waals surface area contributed by atoms with Crippen LogP contribution in [0.25, 0.3) is 6.08 Å². The lowest BCUT2D eigenvalue weighted by atomic mass is 10.0. The number of nitrogens with one attached hydrogen (secondary N) is 2. The fourth-order valence-corrected chi connectivity index (χ4v) is 2.61. The van der Waals surface area contributed by atoms with Crippen LogP contribution in [0.1, 0.15) is 41.4 Å². The van der Waals surface area contributed by atoms with Crippen molar-refractivity contribution < 1.29 is 14.0 Å². The fourth-order valence-electron chi connectivity index (χ4n) is 2.61. The molecule has 1 heterocycles. The molecular formula is C23H22N2O3. The van der Waals surface area contributed by atoms with Crippen molar-refractivity contribution >= 4 is 23.6 Å². The molecule has 0 spiro atoms. The fraction of sp³-hybridized carbons (Fsp3) is 0.130. The maximum Gasteiger partial charge on any atom is 0.272 e. The standard InChI is InChI=1S/C23H22N2O3/c1-16(2)17-10-12-19(13-11-17)24-23(27)21(15-20-9-6-14-28-20)25-22(26)18-7-4-3-5-8-18/h3-16H,1-2H3,(H,24,27)(H,25,26)/b21-15-. The van der Waals surface area contributed by atoms with Gasteiger partial charge in [-0.1, -0.05) is 44.2 Å². The van der Waals surface area contributed by atoms with Gasteiger partial charge in [-0.3, -0.25) is 9.59 Å². The smallest absolute Gasteiger partial charge is 0.272 e. The molecule has 2 N–H and O–H groups in total. The molecular weight excluding hydrogens is 352 g/mol. The maximum absolute atomic E-state index is 12.8. The molecule has 0 bridgehead atoms. The first-order valence-corrected chi connectivity index (χ1v) is 9.06. The van der Waals surface area contributed by atoms with Gasteiger partial charge in [-0.05, 0) is 47.9 Å². The lowest BCUT2D eigenvalue weighted by Crippen LogP contribution is -2.30. The Labute approximate surface area is 164 Å².